The van der Waals surface area contributed by atoms with Gasteiger partial charge in [-0.2, -0.15) is 0 Å². The van der Waals surface area contributed by atoms with Crippen molar-refractivity contribution >= 4 is 30.1 Å². The van der Waals surface area contributed by atoms with Crippen LogP contribution >= 0.6 is 0 Å². The second kappa shape index (κ2) is 15.1. The highest BCUT2D eigenvalue weighted by atomic mass is 16.5. The molecule has 4 aliphatic rings. The molecule has 7 unspecified atom stereocenters. The summed E-state index contributed by atoms with van der Waals surface area (Å²) in [6.07, 6.45) is 9.64. The van der Waals surface area contributed by atoms with Gasteiger partial charge in [-0.05, 0) is 139 Å². The van der Waals surface area contributed by atoms with E-state index in [4.69, 9.17) is 9.47 Å². The summed E-state index contributed by atoms with van der Waals surface area (Å²) in [5.41, 5.74) is 0.368. The number of hydrogen-bond acceptors (Lipinski definition) is 10. The summed E-state index contributed by atoms with van der Waals surface area (Å²) in [6.45, 7) is 6.52. The van der Waals surface area contributed by atoms with Crippen LogP contribution in [0, 0.1) is 46.3 Å². The van der Waals surface area contributed by atoms with Crippen LogP contribution in [0.2, 0.25) is 0 Å². The van der Waals surface area contributed by atoms with Gasteiger partial charge in [0.25, 0.3) is 0 Å². The van der Waals surface area contributed by atoms with Crippen molar-refractivity contribution in [3.8, 4) is 23.0 Å². The number of benzene rings is 2. The van der Waals surface area contributed by atoms with Crippen molar-refractivity contribution in [2.75, 3.05) is 0 Å². The molecule has 2 aromatic rings. The number of carboxylic acid groups (broad SMARTS) is 1. The normalized spacial score (nSPS) is 34.2. The van der Waals surface area contributed by atoms with E-state index in [1.807, 2.05) is 0 Å². The van der Waals surface area contributed by atoms with Crippen molar-refractivity contribution in [3.63, 3.8) is 0 Å². The quantitative estimate of drug-likeness (QED) is 0.0856. The van der Waals surface area contributed by atoms with E-state index in [2.05, 4.69) is 20.8 Å². The number of carboxylic acids is 1. The van der Waals surface area contributed by atoms with E-state index in [-0.39, 0.29) is 76.4 Å². The van der Waals surface area contributed by atoms with Crippen LogP contribution in [0.3, 0.4) is 0 Å². The van der Waals surface area contributed by atoms with Gasteiger partial charge in [-0.3, -0.25) is 4.79 Å². The Hall–Kier alpha value is -4.51. The van der Waals surface area contributed by atoms with Gasteiger partial charge >= 0.3 is 17.9 Å². The Bertz CT molecular complexity index is 1770. The highest BCUT2D eigenvalue weighted by Gasteiger charge is 2.66. The predicted molar refractivity (Wildman–Crippen MR) is 195 cm³/mol. The van der Waals surface area contributed by atoms with Gasteiger partial charge in [-0.15, -0.1) is 0 Å². The lowest BCUT2D eigenvalue weighted by molar-refractivity contribution is -0.216. The molecule has 0 aromatic heterocycles. The SMILES string of the molecule is CC(CCC(=O)O)C1CCC2C3C(OC(=O)/C=C/c4ccc(O)c(O)c4)CC4C[C@H](OC(=O)/C=C/c5ccc(O)c(O)c5)CC[C@]4(C)C3C[C@H](O)[C@]12C. The summed E-state index contributed by atoms with van der Waals surface area (Å²) >= 11 is 0. The van der Waals surface area contributed by atoms with Crippen molar-refractivity contribution in [2.24, 2.45) is 46.3 Å². The second-order valence-electron chi connectivity index (χ2n) is 16.4. The van der Waals surface area contributed by atoms with Gasteiger partial charge in [-0.1, -0.05) is 32.9 Å². The molecule has 0 bridgehead atoms. The fourth-order valence-electron chi connectivity index (χ4n) is 10.9. The average molecular weight is 733 g/mol. The summed E-state index contributed by atoms with van der Waals surface area (Å²) in [4.78, 5) is 37.9. The first-order valence-electron chi connectivity index (χ1n) is 18.8. The fraction of sp³-hybridized carbons (Fsp3) is 0.548. The molecule has 0 aliphatic heterocycles. The van der Waals surface area contributed by atoms with Gasteiger partial charge in [-0.25, -0.2) is 9.59 Å². The molecule has 4 fully saturated rings. The number of aliphatic hydroxyl groups excluding tert-OH is 1. The number of phenolic OH excluding ortho intramolecular Hbond substituents is 4. The molecule has 11 heteroatoms. The molecule has 53 heavy (non-hydrogen) atoms. The minimum Gasteiger partial charge on any atom is -0.504 e. The summed E-state index contributed by atoms with van der Waals surface area (Å²) in [6, 6.07) is 8.53. The Labute approximate surface area is 310 Å². The van der Waals surface area contributed by atoms with Gasteiger partial charge in [0, 0.05) is 24.5 Å². The van der Waals surface area contributed by atoms with Crippen LogP contribution in [0.4, 0.5) is 0 Å². The number of carbonyl (C=O) groups is 3. The van der Waals surface area contributed by atoms with E-state index in [0.717, 1.165) is 19.3 Å². The zero-order valence-electron chi connectivity index (χ0n) is 30.6. The Morgan fingerprint density at radius 1 is 0.811 bits per heavy atom. The Morgan fingerprint density at radius 3 is 2.00 bits per heavy atom. The standard InChI is InChI=1S/C42H52O11/c1-23(4-13-37(48)49)28-9-10-29-40-30(22-36(47)42(28,29)3)41(2)17-16-27(52-38(50)14-7-24-5-11-31(43)33(45)18-24)20-26(41)21-35(40)53-39(51)15-8-25-6-12-32(44)34(46)19-25/h5-8,11-12,14-15,18-19,23,26-30,35-36,40,43-47H,4,9-10,13,16-17,20-22H2,1-3H3,(H,48,49)/b14-7+,15-8+/t23?,26?,27-,28?,29?,30?,35?,36+,40?,41+,42-/m1/s1. The maximum Gasteiger partial charge on any atom is 0.331 e. The summed E-state index contributed by atoms with van der Waals surface area (Å²) in [5, 5.41) is 60.4. The molecule has 0 radical (unpaired) electrons. The van der Waals surface area contributed by atoms with Crippen LogP contribution in [0.5, 0.6) is 23.0 Å². The van der Waals surface area contributed by atoms with Crippen molar-refractivity contribution in [3.05, 3.63) is 59.7 Å². The molecule has 0 spiro atoms. The minimum atomic E-state index is -0.829. The number of aromatic hydroxyl groups is 4. The van der Waals surface area contributed by atoms with Crippen LogP contribution in [0.25, 0.3) is 12.2 Å². The van der Waals surface area contributed by atoms with Crippen LogP contribution in [-0.4, -0.2) is 66.9 Å². The predicted octanol–water partition coefficient (Wildman–Crippen LogP) is 6.80. The molecule has 4 saturated carbocycles. The lowest BCUT2D eigenvalue weighted by atomic mass is 9.43. The van der Waals surface area contributed by atoms with E-state index in [1.165, 1.54) is 48.6 Å². The number of rotatable bonds is 10. The van der Waals surface area contributed by atoms with Gasteiger partial charge < -0.3 is 40.1 Å². The molecule has 11 atom stereocenters. The zero-order chi connectivity index (χ0) is 38.2. The van der Waals surface area contributed by atoms with Crippen LogP contribution in [-0.2, 0) is 23.9 Å². The summed E-state index contributed by atoms with van der Waals surface area (Å²) in [5.74, 6) is -2.66. The molecule has 4 aliphatic carbocycles. The minimum absolute atomic E-state index is 0.0276. The fourth-order valence-corrected chi connectivity index (χ4v) is 10.9. The molecule has 0 heterocycles. The van der Waals surface area contributed by atoms with Gasteiger partial charge in [0.1, 0.15) is 12.2 Å². The van der Waals surface area contributed by atoms with Crippen LogP contribution < -0.4 is 0 Å². The maximum absolute atomic E-state index is 13.5. The number of carbonyl (C=O) groups excluding carboxylic acids is 2. The number of phenols is 4. The van der Waals surface area contributed by atoms with Crippen LogP contribution in [0.15, 0.2) is 48.6 Å². The number of aliphatic hydroxyl groups is 1. The van der Waals surface area contributed by atoms with E-state index in [9.17, 15) is 45.0 Å². The molecule has 6 rings (SSSR count). The van der Waals surface area contributed by atoms with Crippen molar-refractivity contribution in [1.29, 1.82) is 0 Å². The second-order valence-corrected chi connectivity index (χ2v) is 16.4. The van der Waals surface area contributed by atoms with Crippen LogP contribution in [0.1, 0.15) is 89.7 Å². The number of aliphatic carboxylic acids is 1. The Balaban J connectivity index is 1.24. The topological polar surface area (TPSA) is 191 Å². The number of hydrogen-bond donors (Lipinski definition) is 6. The molecule has 0 amide bonds. The van der Waals surface area contributed by atoms with Gasteiger partial charge in [0.2, 0.25) is 0 Å². The largest absolute Gasteiger partial charge is 0.504 e. The molecular weight excluding hydrogens is 680 g/mol. The Kier molecular flexibility index (Phi) is 10.9. The summed E-state index contributed by atoms with van der Waals surface area (Å²) in [7, 11) is 0. The van der Waals surface area contributed by atoms with Gasteiger partial charge in [0.05, 0.1) is 6.10 Å². The van der Waals surface area contributed by atoms with E-state index >= 15 is 0 Å². The Morgan fingerprint density at radius 2 is 1.42 bits per heavy atom. The molecule has 286 valence electrons. The molecule has 6 N–H and O–H groups in total. The first-order chi connectivity index (χ1) is 25.1. The molecule has 11 nitrogen and oxygen atoms in total. The van der Waals surface area contributed by atoms with Crippen molar-refractivity contribution in [1.82, 2.24) is 0 Å². The number of fused-ring (bicyclic) bond motifs is 5. The van der Waals surface area contributed by atoms with Crippen molar-refractivity contribution in [2.45, 2.75) is 96.9 Å². The van der Waals surface area contributed by atoms with E-state index < -0.39 is 35.5 Å². The summed E-state index contributed by atoms with van der Waals surface area (Å²) < 4.78 is 12.3. The highest BCUT2D eigenvalue weighted by molar-refractivity contribution is 5.88. The van der Waals surface area contributed by atoms with Crippen molar-refractivity contribution < 1.29 is 54.5 Å². The highest BCUT2D eigenvalue weighted by Crippen LogP contribution is 2.69. The number of ether oxygens (including phenoxy) is 2. The van der Waals surface area contributed by atoms with E-state index in [0.29, 0.717) is 43.2 Å². The average Bonchev–Trinajstić information content (AvgIpc) is 3.47. The third-order valence-electron chi connectivity index (χ3n) is 13.7. The lowest BCUT2D eigenvalue weighted by Crippen LogP contribution is -2.63. The third kappa shape index (κ3) is 7.63. The molecular formula is C42H52O11. The monoisotopic (exact) mass is 732 g/mol. The number of esters is 2. The zero-order valence-corrected chi connectivity index (χ0v) is 30.6. The first kappa shape index (κ1) is 38.2. The first-order valence-corrected chi connectivity index (χ1v) is 18.8. The third-order valence-corrected chi connectivity index (χ3v) is 13.7. The van der Waals surface area contributed by atoms with Gasteiger partial charge in [0.15, 0.2) is 23.0 Å². The molecule has 2 aromatic carbocycles. The van der Waals surface area contributed by atoms with E-state index in [1.54, 1.807) is 12.1 Å². The molecule has 0 saturated heterocycles. The smallest absolute Gasteiger partial charge is 0.331 e. The lowest BCUT2D eigenvalue weighted by Gasteiger charge is -2.64. The maximum atomic E-state index is 13.5.